The van der Waals surface area contributed by atoms with Crippen molar-refractivity contribution >= 4 is 37.5 Å². The zero-order valence-corrected chi connectivity index (χ0v) is 11.9. The van der Waals surface area contributed by atoms with Crippen molar-refractivity contribution in [1.29, 1.82) is 0 Å². The Hall–Kier alpha value is -1.67. The number of nitrogens with two attached hydrogens (primary N) is 1. The van der Waals surface area contributed by atoms with Crippen molar-refractivity contribution in [3.8, 4) is 0 Å². The maximum atomic E-state index is 13.0. The molecular weight excluding hydrogens is 337 g/mol. The van der Waals surface area contributed by atoms with E-state index < -0.39 is 15.8 Å². The first-order valence-electron chi connectivity index (χ1n) is 5.08. The average molecular weight is 346 g/mol. The fourth-order valence-electron chi connectivity index (χ4n) is 1.41. The predicted octanol–water partition coefficient (Wildman–Crippen LogP) is 2.37. The van der Waals surface area contributed by atoms with E-state index in [4.69, 9.17) is 5.73 Å². The van der Waals surface area contributed by atoms with Crippen LogP contribution in [0.5, 0.6) is 0 Å². The minimum absolute atomic E-state index is 0.111. The van der Waals surface area contributed by atoms with Crippen LogP contribution in [-0.2, 0) is 10.0 Å². The lowest BCUT2D eigenvalue weighted by Crippen LogP contribution is -2.15. The molecule has 8 heteroatoms. The lowest BCUT2D eigenvalue weighted by atomic mass is 10.3. The molecule has 100 valence electrons. The van der Waals surface area contributed by atoms with E-state index >= 15 is 0 Å². The highest BCUT2D eigenvalue weighted by atomic mass is 79.9. The summed E-state index contributed by atoms with van der Waals surface area (Å²) in [6.07, 6.45) is 1.39. The van der Waals surface area contributed by atoms with E-state index in [0.29, 0.717) is 4.47 Å². The first kappa shape index (κ1) is 13.8. The normalized spacial score (nSPS) is 11.3. The van der Waals surface area contributed by atoms with E-state index in [-0.39, 0.29) is 16.4 Å². The fraction of sp³-hybridized carbons (Fsp3) is 0. The highest BCUT2D eigenvalue weighted by Crippen LogP contribution is 2.23. The number of pyridine rings is 1. The molecule has 0 bridgehead atoms. The van der Waals surface area contributed by atoms with Gasteiger partial charge in [0, 0.05) is 10.7 Å². The largest absolute Gasteiger partial charge is 0.383 e. The highest BCUT2D eigenvalue weighted by Gasteiger charge is 2.19. The Morgan fingerprint density at radius 3 is 2.74 bits per heavy atom. The lowest BCUT2D eigenvalue weighted by molar-refractivity contribution is 0.601. The molecule has 1 aromatic carbocycles. The number of nitrogens with zero attached hydrogens (tertiary/aromatic N) is 1. The smallest absolute Gasteiger partial charge is 0.265 e. The molecular formula is C11H9BrFN3O2S. The number of hydrogen-bond acceptors (Lipinski definition) is 4. The molecule has 0 atom stereocenters. The number of sulfonamides is 1. The van der Waals surface area contributed by atoms with Crippen LogP contribution in [-0.4, -0.2) is 13.4 Å². The topological polar surface area (TPSA) is 85.1 Å². The van der Waals surface area contributed by atoms with Gasteiger partial charge in [0.15, 0.2) is 0 Å². The van der Waals surface area contributed by atoms with Gasteiger partial charge in [-0.25, -0.2) is 17.8 Å². The number of halogens is 2. The van der Waals surface area contributed by atoms with Gasteiger partial charge in [0.1, 0.15) is 16.5 Å². The molecule has 0 fully saturated rings. The van der Waals surface area contributed by atoms with Gasteiger partial charge in [0.05, 0.1) is 5.69 Å². The Kier molecular flexibility index (Phi) is 3.72. The third-order valence-corrected chi connectivity index (χ3v) is 4.06. The monoisotopic (exact) mass is 345 g/mol. The second kappa shape index (κ2) is 5.14. The molecule has 0 saturated heterocycles. The number of nitrogens with one attached hydrogen (secondary N) is 1. The minimum Gasteiger partial charge on any atom is -0.383 e. The third kappa shape index (κ3) is 3.21. The fourth-order valence-corrected chi connectivity index (χ4v) is 3.05. The van der Waals surface area contributed by atoms with Gasteiger partial charge in [-0.3, -0.25) is 4.72 Å². The maximum absolute atomic E-state index is 13.0. The van der Waals surface area contributed by atoms with Gasteiger partial charge in [-0.15, -0.1) is 0 Å². The zero-order chi connectivity index (χ0) is 14.0. The Morgan fingerprint density at radius 2 is 2.05 bits per heavy atom. The maximum Gasteiger partial charge on any atom is 0.265 e. The van der Waals surface area contributed by atoms with Gasteiger partial charge < -0.3 is 5.73 Å². The van der Waals surface area contributed by atoms with E-state index in [0.717, 1.165) is 6.07 Å². The molecule has 2 rings (SSSR count). The Labute approximate surface area is 117 Å². The molecule has 3 N–H and O–H groups in total. The van der Waals surface area contributed by atoms with E-state index in [9.17, 15) is 12.8 Å². The summed E-state index contributed by atoms with van der Waals surface area (Å²) in [7, 11) is -3.92. The summed E-state index contributed by atoms with van der Waals surface area (Å²) in [5.41, 5.74) is 5.64. The second-order valence-electron chi connectivity index (χ2n) is 3.65. The van der Waals surface area contributed by atoms with Crippen LogP contribution in [0.3, 0.4) is 0 Å². The minimum atomic E-state index is -3.92. The van der Waals surface area contributed by atoms with Crippen LogP contribution >= 0.6 is 15.9 Å². The molecule has 0 aliphatic carbocycles. The van der Waals surface area contributed by atoms with Crippen molar-refractivity contribution < 1.29 is 12.8 Å². The van der Waals surface area contributed by atoms with Crippen molar-refractivity contribution in [2.75, 3.05) is 10.5 Å². The van der Waals surface area contributed by atoms with Gasteiger partial charge in [-0.1, -0.05) is 6.07 Å². The first-order chi connectivity index (χ1) is 8.88. The van der Waals surface area contributed by atoms with Crippen LogP contribution < -0.4 is 10.5 Å². The summed E-state index contributed by atoms with van der Waals surface area (Å²) in [6, 6.07) is 6.44. The first-order valence-corrected chi connectivity index (χ1v) is 7.35. The molecule has 19 heavy (non-hydrogen) atoms. The average Bonchev–Trinajstić information content (AvgIpc) is 2.31. The summed E-state index contributed by atoms with van der Waals surface area (Å²) >= 11 is 3.12. The van der Waals surface area contributed by atoms with Crippen molar-refractivity contribution in [1.82, 2.24) is 4.98 Å². The number of nitrogen functional groups attached to an aromatic ring is 1. The van der Waals surface area contributed by atoms with Crippen molar-refractivity contribution in [3.63, 3.8) is 0 Å². The van der Waals surface area contributed by atoms with Crippen LogP contribution in [0.2, 0.25) is 0 Å². The number of rotatable bonds is 3. The Bertz CT molecular complexity index is 722. The van der Waals surface area contributed by atoms with Crippen molar-refractivity contribution in [2.45, 2.75) is 4.90 Å². The van der Waals surface area contributed by atoms with E-state index in [1.165, 1.54) is 30.5 Å². The number of anilines is 2. The van der Waals surface area contributed by atoms with E-state index in [1.807, 2.05) is 0 Å². The van der Waals surface area contributed by atoms with Crippen molar-refractivity contribution in [3.05, 3.63) is 46.8 Å². The Balaban J connectivity index is 2.40. The summed E-state index contributed by atoms with van der Waals surface area (Å²) in [6.45, 7) is 0. The van der Waals surface area contributed by atoms with Gasteiger partial charge in [0.25, 0.3) is 10.0 Å². The van der Waals surface area contributed by atoms with Crippen LogP contribution in [0.25, 0.3) is 0 Å². The molecule has 1 heterocycles. The van der Waals surface area contributed by atoms with E-state index in [1.54, 1.807) is 0 Å². The molecule has 0 saturated carbocycles. The predicted molar refractivity (Wildman–Crippen MR) is 73.6 cm³/mol. The molecule has 0 amide bonds. The molecule has 0 unspecified atom stereocenters. The molecule has 0 spiro atoms. The van der Waals surface area contributed by atoms with Gasteiger partial charge in [0.2, 0.25) is 0 Å². The standard InChI is InChI=1S/C11H9BrFN3O2S/c12-7-4-10(11(14)15-6-7)19(17,18)16-9-3-1-2-8(13)5-9/h1-6,16H,(H2,14,15). The molecule has 0 aliphatic heterocycles. The molecule has 0 aliphatic rings. The summed E-state index contributed by atoms with van der Waals surface area (Å²) in [4.78, 5) is 3.57. The molecule has 2 aromatic rings. The summed E-state index contributed by atoms with van der Waals surface area (Å²) in [5.74, 6) is -0.673. The third-order valence-electron chi connectivity index (χ3n) is 2.21. The molecule has 5 nitrogen and oxygen atoms in total. The van der Waals surface area contributed by atoms with Gasteiger partial charge in [-0.2, -0.15) is 0 Å². The van der Waals surface area contributed by atoms with Crippen LogP contribution in [0, 0.1) is 5.82 Å². The van der Waals surface area contributed by atoms with Crippen molar-refractivity contribution in [2.24, 2.45) is 0 Å². The summed E-state index contributed by atoms with van der Waals surface area (Å²) in [5, 5.41) is 0. The second-order valence-corrected chi connectivity index (χ2v) is 6.22. The number of hydrogen-bond donors (Lipinski definition) is 2. The van der Waals surface area contributed by atoms with Gasteiger partial charge in [-0.05, 0) is 40.2 Å². The van der Waals surface area contributed by atoms with Gasteiger partial charge >= 0.3 is 0 Å². The summed E-state index contributed by atoms with van der Waals surface area (Å²) < 4.78 is 39.9. The lowest BCUT2D eigenvalue weighted by Gasteiger charge is -2.09. The Morgan fingerprint density at radius 1 is 1.32 bits per heavy atom. The molecule has 1 aromatic heterocycles. The highest BCUT2D eigenvalue weighted by molar-refractivity contribution is 9.10. The van der Waals surface area contributed by atoms with Crippen LogP contribution in [0.1, 0.15) is 0 Å². The van der Waals surface area contributed by atoms with Crippen LogP contribution in [0.15, 0.2) is 45.9 Å². The zero-order valence-electron chi connectivity index (χ0n) is 9.47. The SMILES string of the molecule is Nc1ncc(Br)cc1S(=O)(=O)Nc1cccc(F)c1. The number of aromatic nitrogens is 1. The number of benzene rings is 1. The van der Waals surface area contributed by atoms with E-state index in [2.05, 4.69) is 25.6 Å². The molecule has 0 radical (unpaired) electrons. The van der Waals surface area contributed by atoms with Crippen LogP contribution in [0.4, 0.5) is 15.9 Å². The quantitative estimate of drug-likeness (QED) is 0.894.